The van der Waals surface area contributed by atoms with E-state index in [9.17, 15) is 14.7 Å². The molecule has 0 saturated heterocycles. The first kappa shape index (κ1) is 16.8. The minimum Gasteiger partial charge on any atom is -0.481 e. The number of rotatable bonds is 3. The first-order valence-electron chi connectivity index (χ1n) is 8.87. The molecule has 2 aliphatic rings. The van der Waals surface area contributed by atoms with Crippen LogP contribution in [0.2, 0.25) is 0 Å². The first-order chi connectivity index (χ1) is 12.2. The van der Waals surface area contributed by atoms with Crippen molar-refractivity contribution in [2.45, 2.75) is 32.6 Å². The Morgan fingerprint density at radius 1 is 1.19 bits per heavy atom. The van der Waals surface area contributed by atoms with Gasteiger partial charge in [-0.2, -0.15) is 0 Å². The molecule has 6 heteroatoms. The monoisotopic (exact) mass is 354 g/mol. The Morgan fingerprint density at radius 3 is 2.54 bits per heavy atom. The van der Waals surface area contributed by atoms with E-state index in [1.54, 1.807) is 18.2 Å². The van der Waals surface area contributed by atoms with E-state index in [4.69, 9.17) is 4.42 Å². The van der Waals surface area contributed by atoms with Crippen LogP contribution in [-0.2, 0) is 15.0 Å². The summed E-state index contributed by atoms with van der Waals surface area (Å²) in [6.07, 6.45) is 4.65. The highest BCUT2D eigenvalue weighted by Crippen LogP contribution is 2.48. The molecule has 1 fully saturated rings. The van der Waals surface area contributed by atoms with Crippen LogP contribution in [0, 0.1) is 23.7 Å². The van der Waals surface area contributed by atoms with Gasteiger partial charge in [0.1, 0.15) is 5.52 Å². The van der Waals surface area contributed by atoms with E-state index in [0.717, 1.165) is 6.42 Å². The number of carbonyl (C=O) groups is 2. The number of benzene rings is 1. The Kier molecular flexibility index (Phi) is 3.68. The lowest BCUT2D eigenvalue weighted by atomic mass is 9.82. The Morgan fingerprint density at radius 2 is 1.88 bits per heavy atom. The van der Waals surface area contributed by atoms with Crippen molar-refractivity contribution in [3.63, 3.8) is 0 Å². The lowest BCUT2D eigenvalue weighted by Crippen LogP contribution is -2.36. The molecule has 0 aliphatic heterocycles. The Balaban J connectivity index is 1.58. The van der Waals surface area contributed by atoms with E-state index in [-0.39, 0.29) is 23.2 Å². The van der Waals surface area contributed by atoms with E-state index < -0.39 is 17.8 Å². The van der Waals surface area contributed by atoms with Crippen LogP contribution in [0.15, 0.2) is 34.8 Å². The summed E-state index contributed by atoms with van der Waals surface area (Å²) >= 11 is 0. The van der Waals surface area contributed by atoms with Gasteiger partial charge < -0.3 is 14.8 Å². The molecule has 6 nitrogen and oxygen atoms in total. The molecular formula is C20H22N2O4. The van der Waals surface area contributed by atoms with E-state index >= 15 is 0 Å². The van der Waals surface area contributed by atoms with Gasteiger partial charge in [-0.25, -0.2) is 4.98 Å². The molecule has 1 heterocycles. The van der Waals surface area contributed by atoms with Crippen molar-refractivity contribution in [3.05, 3.63) is 36.2 Å². The van der Waals surface area contributed by atoms with E-state index in [2.05, 4.69) is 10.3 Å². The average molecular weight is 354 g/mol. The molecule has 2 N–H and O–H groups in total. The number of aromatic nitrogens is 1. The smallest absolute Gasteiger partial charge is 0.307 e. The number of oxazole rings is 1. The Labute approximate surface area is 151 Å². The van der Waals surface area contributed by atoms with Crippen molar-refractivity contribution in [3.8, 4) is 0 Å². The molecule has 1 amide bonds. The number of carboxylic acids is 1. The van der Waals surface area contributed by atoms with Crippen LogP contribution in [0.1, 0.15) is 33.1 Å². The molecule has 1 saturated carbocycles. The maximum Gasteiger partial charge on any atom is 0.307 e. The third kappa shape index (κ3) is 2.69. The molecule has 0 spiro atoms. The van der Waals surface area contributed by atoms with Crippen molar-refractivity contribution in [1.29, 1.82) is 0 Å². The summed E-state index contributed by atoms with van der Waals surface area (Å²) in [5.41, 5.74) is 1.74. The molecule has 26 heavy (non-hydrogen) atoms. The second-order valence-corrected chi connectivity index (χ2v) is 8.28. The average Bonchev–Trinajstić information content (AvgIpc) is 3.26. The Hall–Kier alpha value is -2.63. The Bertz CT molecular complexity index is 922. The van der Waals surface area contributed by atoms with Gasteiger partial charge in [0.2, 0.25) is 11.8 Å². The second-order valence-electron chi connectivity index (χ2n) is 8.28. The fraction of sp³-hybridized carbons (Fsp3) is 0.450. The molecule has 2 aliphatic carbocycles. The van der Waals surface area contributed by atoms with E-state index in [1.165, 1.54) is 0 Å². The normalized spacial score (nSPS) is 27.2. The summed E-state index contributed by atoms with van der Waals surface area (Å²) in [6, 6.07) is 5.31. The molecule has 2 aromatic rings. The number of anilines is 1. The molecule has 0 radical (unpaired) electrons. The summed E-state index contributed by atoms with van der Waals surface area (Å²) in [6.45, 7) is 6.07. The summed E-state index contributed by atoms with van der Waals surface area (Å²) in [5, 5.41) is 12.4. The van der Waals surface area contributed by atoms with Gasteiger partial charge in [-0.05, 0) is 36.5 Å². The molecule has 136 valence electrons. The highest BCUT2D eigenvalue weighted by molar-refractivity contribution is 5.97. The van der Waals surface area contributed by atoms with Crippen molar-refractivity contribution in [1.82, 2.24) is 4.98 Å². The summed E-state index contributed by atoms with van der Waals surface area (Å²) in [4.78, 5) is 28.9. The van der Waals surface area contributed by atoms with Crippen LogP contribution in [0.25, 0.3) is 11.1 Å². The fourth-order valence-electron chi connectivity index (χ4n) is 4.07. The van der Waals surface area contributed by atoms with Gasteiger partial charge in [0.25, 0.3) is 0 Å². The zero-order valence-electron chi connectivity index (χ0n) is 15.0. The van der Waals surface area contributed by atoms with Crippen molar-refractivity contribution < 1.29 is 19.1 Å². The van der Waals surface area contributed by atoms with E-state index in [1.807, 2.05) is 32.9 Å². The number of hydrogen-bond donors (Lipinski definition) is 2. The minimum absolute atomic E-state index is 0.00405. The third-order valence-electron chi connectivity index (χ3n) is 5.34. The maximum atomic E-state index is 12.8. The molecule has 0 unspecified atom stereocenters. The number of carbonyl (C=O) groups excluding carboxylic acids is 1. The zero-order valence-corrected chi connectivity index (χ0v) is 15.0. The molecule has 1 aromatic heterocycles. The summed E-state index contributed by atoms with van der Waals surface area (Å²) in [7, 11) is 0. The second kappa shape index (κ2) is 5.69. The van der Waals surface area contributed by atoms with Crippen molar-refractivity contribution in [2.75, 3.05) is 5.32 Å². The fourth-order valence-corrected chi connectivity index (χ4v) is 4.07. The number of nitrogens with zero attached hydrogens (tertiary/aromatic N) is 1. The number of amides is 1. The first-order valence-corrected chi connectivity index (χ1v) is 8.87. The summed E-state index contributed by atoms with van der Waals surface area (Å²) < 4.78 is 5.77. The maximum absolute atomic E-state index is 12.8. The number of hydrogen-bond acceptors (Lipinski definition) is 4. The van der Waals surface area contributed by atoms with Gasteiger partial charge in [0, 0.05) is 11.1 Å². The largest absolute Gasteiger partial charge is 0.481 e. The topological polar surface area (TPSA) is 92.4 Å². The van der Waals surface area contributed by atoms with Crippen LogP contribution in [0.3, 0.4) is 0 Å². The molecular weight excluding hydrogens is 332 g/mol. The van der Waals surface area contributed by atoms with Crippen molar-refractivity contribution in [2.24, 2.45) is 23.7 Å². The lowest BCUT2D eigenvalue weighted by Gasteiger charge is -2.23. The van der Waals surface area contributed by atoms with Crippen molar-refractivity contribution >= 4 is 28.7 Å². The van der Waals surface area contributed by atoms with Crippen LogP contribution >= 0.6 is 0 Å². The van der Waals surface area contributed by atoms with Crippen LogP contribution in [0.5, 0.6) is 0 Å². The molecule has 2 bridgehead atoms. The van der Waals surface area contributed by atoms with Gasteiger partial charge in [-0.1, -0.05) is 32.9 Å². The number of fused-ring (bicyclic) bond motifs is 3. The zero-order chi connectivity index (χ0) is 18.6. The van der Waals surface area contributed by atoms with Crippen LogP contribution in [0.4, 0.5) is 5.69 Å². The van der Waals surface area contributed by atoms with Gasteiger partial charge >= 0.3 is 5.97 Å². The third-order valence-corrected chi connectivity index (χ3v) is 5.34. The number of nitrogens with one attached hydrogen (secondary N) is 1. The van der Waals surface area contributed by atoms with Crippen LogP contribution < -0.4 is 5.32 Å². The predicted molar refractivity (Wildman–Crippen MR) is 96.7 cm³/mol. The summed E-state index contributed by atoms with van der Waals surface area (Å²) in [5.74, 6) is -1.71. The van der Waals surface area contributed by atoms with Crippen LogP contribution in [-0.4, -0.2) is 22.0 Å². The molecule has 1 aromatic carbocycles. The number of aliphatic carboxylic acids is 1. The predicted octanol–water partition coefficient (Wildman–Crippen LogP) is 3.59. The standard InChI is InChI=1S/C20H22N2O4/c1-20(2,3)19-22-13-9-12(6-7-14(13)26-19)21-17(23)15-10-4-5-11(8-10)16(15)18(24)25/h4-7,9-11,15-16H,8H2,1-3H3,(H,21,23)(H,24,25)/t10-,11-,15-,16+/m0/s1. The highest BCUT2D eigenvalue weighted by atomic mass is 16.4. The highest BCUT2D eigenvalue weighted by Gasteiger charge is 2.51. The number of carboxylic acid groups (broad SMARTS) is 1. The van der Waals surface area contributed by atoms with Gasteiger partial charge in [-0.3, -0.25) is 9.59 Å². The molecule has 4 atom stereocenters. The lowest BCUT2D eigenvalue weighted by molar-refractivity contribution is -0.146. The quantitative estimate of drug-likeness (QED) is 0.822. The number of allylic oxidation sites excluding steroid dienone is 2. The SMILES string of the molecule is CC(C)(C)c1nc2cc(NC(=O)[C@@H]3[C@H](C(=O)O)[C@H]4C=C[C@H]3C4)ccc2o1. The van der Waals surface area contributed by atoms with E-state index in [0.29, 0.717) is 22.7 Å². The van der Waals surface area contributed by atoms with Gasteiger partial charge in [0.15, 0.2) is 5.58 Å². The minimum atomic E-state index is -0.899. The molecule has 4 rings (SSSR count). The van der Waals surface area contributed by atoms with Gasteiger partial charge in [-0.15, -0.1) is 0 Å². The van der Waals surface area contributed by atoms with Gasteiger partial charge in [0.05, 0.1) is 11.8 Å².